The van der Waals surface area contributed by atoms with Gasteiger partial charge in [-0.3, -0.25) is 9.59 Å². The molecule has 2 aromatic carbocycles. The quantitative estimate of drug-likeness (QED) is 0.166. The van der Waals surface area contributed by atoms with Crippen LogP contribution in [0.5, 0.6) is 11.5 Å². The molecule has 0 saturated carbocycles. The number of phenols is 1. The first kappa shape index (κ1) is 28.4. The highest BCUT2D eigenvalue weighted by atomic mass is 79.9. The minimum absolute atomic E-state index is 0.190. The van der Waals surface area contributed by atoms with Crippen LogP contribution in [-0.4, -0.2) is 28.9 Å². The van der Waals surface area contributed by atoms with Crippen LogP contribution in [0.3, 0.4) is 0 Å². The van der Waals surface area contributed by atoms with Crippen molar-refractivity contribution in [3.05, 3.63) is 56.7 Å². The highest BCUT2D eigenvalue weighted by Gasteiger charge is 2.37. The smallest absolute Gasteiger partial charge is 0.211 e. The lowest BCUT2D eigenvalue weighted by Crippen LogP contribution is -2.32. The highest BCUT2D eigenvalue weighted by Crippen LogP contribution is 2.44. The van der Waals surface area contributed by atoms with Crippen LogP contribution in [0.4, 0.5) is 11.4 Å². The Morgan fingerprint density at radius 1 is 0.971 bits per heavy atom. The van der Waals surface area contributed by atoms with E-state index in [-0.39, 0.29) is 5.60 Å². The number of rotatable bonds is 7. The molecule has 1 aliphatic heterocycles. The number of nitrogens with one attached hydrogen (secondary N) is 2. The summed E-state index contributed by atoms with van der Waals surface area (Å²) in [6, 6.07) is 0. The molecule has 1 heterocycles. The molecule has 1 unspecified atom stereocenters. The summed E-state index contributed by atoms with van der Waals surface area (Å²) in [5.41, 5.74) is 10.5. The second kappa shape index (κ2) is 11.3. The number of anilines is 2. The van der Waals surface area contributed by atoms with Gasteiger partial charge in [0.1, 0.15) is 17.1 Å². The molecule has 35 heavy (non-hydrogen) atoms. The Morgan fingerprint density at radius 2 is 1.49 bits per heavy atom. The van der Waals surface area contributed by atoms with Crippen molar-refractivity contribution in [1.29, 1.82) is 0 Å². The number of alkyl halides is 1. The molecular formula is C28H37BrN2O4. The average Bonchev–Trinajstić information content (AvgIpc) is 3.18. The molecule has 0 fully saturated rings. The minimum Gasteiger partial charge on any atom is -0.507 e. The summed E-state index contributed by atoms with van der Waals surface area (Å²) in [5.74, 6) is 1.29. The van der Waals surface area contributed by atoms with E-state index >= 15 is 0 Å². The third-order valence-corrected chi connectivity index (χ3v) is 8.04. The summed E-state index contributed by atoms with van der Waals surface area (Å²) in [6.07, 6.45) is 2.89. The molecule has 0 aliphatic carbocycles. The molecule has 0 spiro atoms. The number of hydrogen-bond donors (Lipinski definition) is 3. The van der Waals surface area contributed by atoms with Crippen molar-refractivity contribution in [1.82, 2.24) is 0 Å². The maximum absolute atomic E-state index is 10.7. The second-order valence-corrected chi connectivity index (χ2v) is 10.2. The molecule has 1 aliphatic rings. The Labute approximate surface area is 217 Å². The number of aromatic hydroxyl groups is 1. The average molecular weight is 546 g/mol. The van der Waals surface area contributed by atoms with Crippen molar-refractivity contribution in [2.75, 3.05) is 16.0 Å². The molecule has 3 rings (SSSR count). The number of amides is 2. The van der Waals surface area contributed by atoms with E-state index < -0.39 is 0 Å². The fourth-order valence-corrected chi connectivity index (χ4v) is 4.85. The van der Waals surface area contributed by atoms with Crippen LogP contribution in [0.25, 0.3) is 0 Å². The zero-order chi connectivity index (χ0) is 26.7. The summed E-state index contributed by atoms with van der Waals surface area (Å²) in [4.78, 5) is 21.3. The largest absolute Gasteiger partial charge is 0.507 e. The molecule has 0 bridgehead atoms. The maximum atomic E-state index is 10.7. The molecule has 1 atom stereocenters. The van der Waals surface area contributed by atoms with E-state index in [0.717, 1.165) is 79.8 Å². The zero-order valence-corrected chi connectivity index (χ0v) is 23.6. The van der Waals surface area contributed by atoms with Gasteiger partial charge in [0.05, 0.1) is 0 Å². The molecule has 6 nitrogen and oxygen atoms in total. The van der Waals surface area contributed by atoms with Gasteiger partial charge in [0.25, 0.3) is 0 Å². The Morgan fingerprint density at radius 3 is 1.97 bits per heavy atom. The number of hydrogen-bond acceptors (Lipinski definition) is 4. The lowest BCUT2D eigenvalue weighted by Gasteiger charge is -2.21. The van der Waals surface area contributed by atoms with Gasteiger partial charge in [0.2, 0.25) is 12.8 Å². The van der Waals surface area contributed by atoms with Crippen LogP contribution in [0.1, 0.15) is 58.4 Å². The first-order chi connectivity index (χ1) is 16.3. The summed E-state index contributed by atoms with van der Waals surface area (Å²) >= 11 is 3.51. The Balaban J connectivity index is 0.000000247. The molecule has 7 heteroatoms. The standard InChI is InChI=1S/C14H18BrNO2.C14H19NO2/c1-8-9(2)13-11(5-14(4,6-15)18-13)10(3)12(8)16-7-17;1-8(2)6-12-11(5)13(15-7-16)9(3)10(4)14(12)17/h7H,5-6H2,1-4H3,(H,16,17);7,17H,1,6H2,2-5H3,(H,15,16). The van der Waals surface area contributed by atoms with Crippen molar-refractivity contribution in [2.24, 2.45) is 0 Å². The molecular weight excluding hydrogens is 508 g/mol. The number of benzene rings is 2. The fourth-order valence-electron chi connectivity index (χ4n) is 4.54. The van der Waals surface area contributed by atoms with Crippen molar-refractivity contribution in [3.8, 4) is 11.5 Å². The van der Waals surface area contributed by atoms with Crippen molar-refractivity contribution in [3.63, 3.8) is 0 Å². The fraction of sp³-hybridized carbons (Fsp3) is 0.429. The van der Waals surface area contributed by atoms with E-state index in [9.17, 15) is 14.7 Å². The van der Waals surface area contributed by atoms with E-state index in [0.29, 0.717) is 18.6 Å². The molecule has 2 amide bonds. The molecule has 0 aromatic heterocycles. The number of carbonyl (C=O) groups is 2. The molecule has 190 valence electrons. The van der Waals surface area contributed by atoms with Gasteiger partial charge in [-0.2, -0.15) is 0 Å². The van der Waals surface area contributed by atoms with Crippen LogP contribution in [0, 0.1) is 41.5 Å². The summed E-state index contributed by atoms with van der Waals surface area (Å²) in [5, 5.41) is 16.5. The normalized spacial score (nSPS) is 15.9. The van der Waals surface area contributed by atoms with Crippen LogP contribution < -0.4 is 15.4 Å². The molecule has 2 aromatic rings. The first-order valence-corrected chi connectivity index (χ1v) is 12.7. The van der Waals surface area contributed by atoms with Gasteiger partial charge in [-0.05, 0) is 95.2 Å². The van der Waals surface area contributed by atoms with E-state index in [1.165, 1.54) is 5.56 Å². The van der Waals surface area contributed by atoms with Crippen LogP contribution in [-0.2, 0) is 22.4 Å². The Kier molecular flexibility index (Phi) is 9.17. The molecule has 0 saturated heterocycles. The van der Waals surface area contributed by atoms with Crippen molar-refractivity contribution in [2.45, 2.75) is 73.8 Å². The van der Waals surface area contributed by atoms with E-state index in [1.54, 1.807) is 0 Å². The third-order valence-electron chi connectivity index (χ3n) is 6.85. The van der Waals surface area contributed by atoms with E-state index in [1.807, 2.05) is 48.5 Å². The highest BCUT2D eigenvalue weighted by molar-refractivity contribution is 9.09. The minimum atomic E-state index is -0.190. The number of allylic oxidation sites excluding steroid dienone is 1. The number of ether oxygens (including phenoxy) is 1. The van der Waals surface area contributed by atoms with E-state index in [2.05, 4.69) is 40.1 Å². The predicted octanol–water partition coefficient (Wildman–Crippen LogP) is 6.27. The number of phenolic OH excluding ortho intramolecular Hbond substituents is 1. The number of halogens is 1. The van der Waals surface area contributed by atoms with Crippen LogP contribution in [0.2, 0.25) is 0 Å². The summed E-state index contributed by atoms with van der Waals surface area (Å²) < 4.78 is 6.11. The van der Waals surface area contributed by atoms with Gasteiger partial charge < -0.3 is 20.5 Å². The summed E-state index contributed by atoms with van der Waals surface area (Å²) in [7, 11) is 0. The Hall–Kier alpha value is -2.80. The summed E-state index contributed by atoms with van der Waals surface area (Å²) in [6.45, 7) is 19.6. The van der Waals surface area contributed by atoms with Crippen molar-refractivity contribution < 1.29 is 19.4 Å². The van der Waals surface area contributed by atoms with Crippen LogP contribution >= 0.6 is 15.9 Å². The number of fused-ring (bicyclic) bond motifs is 1. The van der Waals surface area contributed by atoms with Gasteiger partial charge in [-0.15, -0.1) is 0 Å². The maximum Gasteiger partial charge on any atom is 0.211 e. The van der Waals surface area contributed by atoms with E-state index in [4.69, 9.17) is 4.74 Å². The topological polar surface area (TPSA) is 87.7 Å². The van der Waals surface area contributed by atoms with Crippen LogP contribution in [0.15, 0.2) is 12.2 Å². The third kappa shape index (κ3) is 5.72. The van der Waals surface area contributed by atoms with Gasteiger partial charge in [-0.1, -0.05) is 28.1 Å². The van der Waals surface area contributed by atoms with Gasteiger partial charge >= 0.3 is 0 Å². The number of carbonyl (C=O) groups excluding carboxylic acids is 2. The zero-order valence-electron chi connectivity index (χ0n) is 22.0. The predicted molar refractivity (Wildman–Crippen MR) is 147 cm³/mol. The van der Waals surface area contributed by atoms with Crippen molar-refractivity contribution >= 4 is 40.1 Å². The van der Waals surface area contributed by atoms with Gasteiger partial charge in [-0.25, -0.2) is 0 Å². The molecule has 0 radical (unpaired) electrons. The van der Waals surface area contributed by atoms with Gasteiger partial charge in [0, 0.05) is 34.3 Å². The first-order valence-electron chi connectivity index (χ1n) is 11.6. The van der Waals surface area contributed by atoms with Gasteiger partial charge in [0.15, 0.2) is 0 Å². The lowest BCUT2D eigenvalue weighted by molar-refractivity contribution is -0.106. The second-order valence-electron chi connectivity index (χ2n) is 9.66. The Bertz CT molecular complexity index is 1170. The monoisotopic (exact) mass is 544 g/mol. The lowest BCUT2D eigenvalue weighted by atomic mass is 9.92. The molecule has 3 N–H and O–H groups in total. The SMILES string of the molecule is C=C(C)Cc1c(C)c(NC=O)c(C)c(C)c1O.Cc1c(C)c2c(c(C)c1NC=O)CC(C)(CBr)O2.